The van der Waals surface area contributed by atoms with Gasteiger partial charge in [0, 0.05) is 12.7 Å². The summed E-state index contributed by atoms with van der Waals surface area (Å²) in [6, 6.07) is 0. The molecule has 1 amide bonds. The fourth-order valence-corrected chi connectivity index (χ4v) is 0.785. The minimum Gasteiger partial charge on any atom is -0.465 e. The van der Waals surface area contributed by atoms with Crippen molar-refractivity contribution in [2.24, 2.45) is 0 Å². The molecule has 0 saturated heterocycles. The second kappa shape index (κ2) is 4.95. The molecule has 1 aromatic rings. The normalized spacial score (nSPS) is 11.4. The Hall–Kier alpha value is -1.92. The van der Waals surface area contributed by atoms with Crippen LogP contribution >= 0.6 is 0 Å². The van der Waals surface area contributed by atoms with Gasteiger partial charge in [0.15, 0.2) is 0 Å². The van der Waals surface area contributed by atoms with E-state index < -0.39 is 11.9 Å². The summed E-state index contributed by atoms with van der Waals surface area (Å²) >= 11 is 0. The number of nitrogens with zero attached hydrogens (tertiary/aromatic N) is 3. The molecule has 1 aromatic heterocycles. The van der Waals surface area contributed by atoms with E-state index in [1.54, 1.807) is 0 Å². The molecule has 0 atom stereocenters. The van der Waals surface area contributed by atoms with Gasteiger partial charge in [-0.25, -0.2) is 13.9 Å². The molecule has 0 fully saturated rings. The van der Waals surface area contributed by atoms with Crippen LogP contribution in [0, 0.1) is 0 Å². The third kappa shape index (κ3) is 3.65. The Morgan fingerprint density at radius 1 is 1.71 bits per heavy atom. The van der Waals surface area contributed by atoms with Crippen molar-refractivity contribution in [2.75, 3.05) is 6.54 Å². The summed E-state index contributed by atoms with van der Waals surface area (Å²) in [5, 5.41) is 17.2. The van der Waals surface area contributed by atoms with Crippen molar-refractivity contribution >= 4 is 6.09 Å². The summed E-state index contributed by atoms with van der Waals surface area (Å²) in [6.07, 6.45) is 2.89. The van der Waals surface area contributed by atoms with Crippen LogP contribution in [0.4, 0.5) is 9.18 Å². The summed E-state index contributed by atoms with van der Waals surface area (Å²) in [7, 11) is 0. The van der Waals surface area contributed by atoms with Crippen molar-refractivity contribution in [3.8, 4) is 0 Å². The number of carboxylic acid groups (broad SMARTS) is 1. The summed E-state index contributed by atoms with van der Waals surface area (Å²) in [5.41, 5.74) is 0. The van der Waals surface area contributed by atoms with E-state index in [1.165, 1.54) is 17.1 Å². The van der Waals surface area contributed by atoms with E-state index in [9.17, 15) is 9.18 Å². The van der Waals surface area contributed by atoms with Crippen molar-refractivity contribution in [1.82, 2.24) is 20.3 Å². The number of hydrogen-bond acceptors (Lipinski definition) is 3. The third-order valence-electron chi connectivity index (χ3n) is 1.36. The van der Waals surface area contributed by atoms with E-state index in [0.29, 0.717) is 0 Å². The van der Waals surface area contributed by atoms with Crippen LogP contribution in [0.3, 0.4) is 0 Å². The van der Waals surface area contributed by atoms with Crippen molar-refractivity contribution in [2.45, 2.75) is 6.54 Å². The Kier molecular flexibility index (Phi) is 3.59. The van der Waals surface area contributed by atoms with Gasteiger partial charge in [-0.15, -0.1) is 5.10 Å². The van der Waals surface area contributed by atoms with Gasteiger partial charge in [-0.1, -0.05) is 5.21 Å². The molecule has 1 heterocycles. The minimum atomic E-state index is -1.19. The lowest BCUT2D eigenvalue weighted by Crippen LogP contribution is -2.20. The number of amides is 1. The number of allylic oxidation sites excluding steroid dienone is 1. The molecule has 7 heteroatoms. The monoisotopic (exact) mass is 200 g/mol. The van der Waals surface area contributed by atoms with Crippen LogP contribution in [-0.4, -0.2) is 32.7 Å². The molecule has 2 N–H and O–H groups in total. The van der Waals surface area contributed by atoms with Crippen molar-refractivity contribution < 1.29 is 14.3 Å². The lowest BCUT2D eigenvalue weighted by Gasteiger charge is -1.97. The van der Waals surface area contributed by atoms with Gasteiger partial charge >= 0.3 is 6.09 Å². The second-order valence-electron chi connectivity index (χ2n) is 2.44. The molecule has 14 heavy (non-hydrogen) atoms. The number of nitrogens with one attached hydrogen (secondary N) is 1. The molecule has 0 radical (unpaired) electrons. The molecule has 0 aliphatic heterocycles. The molecule has 1 rings (SSSR count). The largest absolute Gasteiger partial charge is 0.465 e. The van der Waals surface area contributed by atoms with Gasteiger partial charge < -0.3 is 10.4 Å². The first-order chi connectivity index (χ1) is 6.68. The molecule has 0 aliphatic carbocycles. The number of carbonyl (C=O) groups is 1. The van der Waals surface area contributed by atoms with Crippen LogP contribution < -0.4 is 5.32 Å². The SMILES string of the molecule is O=C(O)NCC=C(F)Cn1ccnn1. The first-order valence-corrected chi connectivity index (χ1v) is 3.84. The second-order valence-corrected chi connectivity index (χ2v) is 2.44. The Bertz CT molecular complexity index is 322. The van der Waals surface area contributed by atoms with Crippen LogP contribution in [0.5, 0.6) is 0 Å². The van der Waals surface area contributed by atoms with Gasteiger partial charge in [0.05, 0.1) is 12.7 Å². The van der Waals surface area contributed by atoms with Gasteiger partial charge in [0.25, 0.3) is 0 Å². The Morgan fingerprint density at radius 3 is 3.07 bits per heavy atom. The van der Waals surface area contributed by atoms with E-state index in [2.05, 4.69) is 10.3 Å². The smallest absolute Gasteiger partial charge is 0.404 e. The topological polar surface area (TPSA) is 80.0 Å². The van der Waals surface area contributed by atoms with Crippen molar-refractivity contribution in [3.63, 3.8) is 0 Å². The van der Waals surface area contributed by atoms with Crippen LogP contribution in [-0.2, 0) is 6.54 Å². The van der Waals surface area contributed by atoms with Crippen LogP contribution in [0.25, 0.3) is 0 Å². The summed E-state index contributed by atoms with van der Waals surface area (Å²) in [6.45, 7) is -0.100. The standard InChI is InChI=1S/C7H9FN4O2/c8-6(1-2-9-7(13)14)5-12-4-3-10-11-12/h1,3-4,9H,2,5H2,(H,13,14). The summed E-state index contributed by atoms with van der Waals surface area (Å²) in [5.74, 6) is -0.468. The molecule has 6 nitrogen and oxygen atoms in total. The Balaban J connectivity index is 2.34. The van der Waals surface area contributed by atoms with Crippen molar-refractivity contribution in [1.29, 1.82) is 0 Å². The Morgan fingerprint density at radius 2 is 2.50 bits per heavy atom. The van der Waals surface area contributed by atoms with E-state index in [0.717, 1.165) is 6.08 Å². The molecule has 76 valence electrons. The fourth-order valence-electron chi connectivity index (χ4n) is 0.785. The summed E-state index contributed by atoms with van der Waals surface area (Å²) < 4.78 is 14.3. The molecule has 0 unspecified atom stereocenters. The lowest BCUT2D eigenvalue weighted by molar-refractivity contribution is 0.195. The number of rotatable bonds is 4. The van der Waals surface area contributed by atoms with E-state index in [-0.39, 0.29) is 13.1 Å². The highest BCUT2D eigenvalue weighted by molar-refractivity contribution is 5.64. The highest BCUT2D eigenvalue weighted by Gasteiger charge is 1.97. The molecule has 0 aromatic carbocycles. The Labute approximate surface area is 79.0 Å². The van der Waals surface area contributed by atoms with Crippen LogP contribution in [0.1, 0.15) is 0 Å². The molecule has 0 aliphatic rings. The minimum absolute atomic E-state index is 0.0404. The van der Waals surface area contributed by atoms with E-state index >= 15 is 0 Å². The summed E-state index contributed by atoms with van der Waals surface area (Å²) in [4.78, 5) is 10.0. The average molecular weight is 200 g/mol. The maximum Gasteiger partial charge on any atom is 0.404 e. The van der Waals surface area contributed by atoms with E-state index in [4.69, 9.17) is 5.11 Å². The van der Waals surface area contributed by atoms with Gasteiger partial charge in [0.1, 0.15) is 5.83 Å². The predicted octanol–water partition coefficient (Wildman–Crippen LogP) is 0.399. The third-order valence-corrected chi connectivity index (χ3v) is 1.36. The zero-order valence-corrected chi connectivity index (χ0v) is 7.22. The number of hydrogen-bond donors (Lipinski definition) is 2. The maximum absolute atomic E-state index is 13.0. The fraction of sp³-hybridized carbons (Fsp3) is 0.286. The van der Waals surface area contributed by atoms with Gasteiger partial charge in [-0.3, -0.25) is 0 Å². The highest BCUT2D eigenvalue weighted by atomic mass is 19.1. The molecular weight excluding hydrogens is 191 g/mol. The number of aromatic nitrogens is 3. The van der Waals surface area contributed by atoms with Crippen LogP contribution in [0.15, 0.2) is 24.3 Å². The van der Waals surface area contributed by atoms with E-state index in [1.807, 2.05) is 5.32 Å². The highest BCUT2D eigenvalue weighted by Crippen LogP contribution is 1.98. The molecule has 0 bridgehead atoms. The maximum atomic E-state index is 13.0. The zero-order chi connectivity index (χ0) is 10.4. The quantitative estimate of drug-likeness (QED) is 0.737. The molecule has 0 saturated carbocycles. The molecule has 0 spiro atoms. The van der Waals surface area contributed by atoms with Gasteiger partial charge in [-0.05, 0) is 6.08 Å². The first-order valence-electron chi connectivity index (χ1n) is 3.84. The van der Waals surface area contributed by atoms with Crippen molar-refractivity contribution in [3.05, 3.63) is 24.3 Å². The van der Waals surface area contributed by atoms with Gasteiger partial charge in [-0.2, -0.15) is 0 Å². The van der Waals surface area contributed by atoms with Gasteiger partial charge in [0.2, 0.25) is 0 Å². The predicted molar refractivity (Wildman–Crippen MR) is 45.2 cm³/mol. The lowest BCUT2D eigenvalue weighted by atomic mass is 10.4. The number of halogens is 1. The molecular formula is C7H9FN4O2. The van der Waals surface area contributed by atoms with Crippen LogP contribution in [0.2, 0.25) is 0 Å². The first kappa shape index (κ1) is 10.2. The zero-order valence-electron chi connectivity index (χ0n) is 7.22. The average Bonchev–Trinajstić information content (AvgIpc) is 2.56.